The Hall–Kier alpha value is -2.52. The molecule has 3 atom stereocenters. The van der Waals surface area contributed by atoms with Crippen LogP contribution in [0.25, 0.3) is 17.0 Å². The first-order chi connectivity index (χ1) is 20.1. The molecule has 224 valence electrons. The van der Waals surface area contributed by atoms with E-state index in [-0.39, 0.29) is 11.9 Å². The number of piperidine rings is 1. The molecule has 1 saturated carbocycles. The van der Waals surface area contributed by atoms with Crippen LogP contribution in [0.5, 0.6) is 0 Å². The first-order valence-corrected chi connectivity index (χ1v) is 17.5. The molecule has 1 aliphatic carbocycles. The Labute approximate surface area is 258 Å². The lowest BCUT2D eigenvalue weighted by molar-refractivity contribution is -0.117. The summed E-state index contributed by atoms with van der Waals surface area (Å²) in [6.45, 7) is 1.15. The number of aromatic nitrogens is 1. The van der Waals surface area contributed by atoms with Gasteiger partial charge in [0.15, 0.2) is 0 Å². The lowest BCUT2D eigenvalue weighted by Crippen LogP contribution is -2.46. The average Bonchev–Trinajstić information content (AvgIpc) is 3.45. The number of H-pyrrole nitrogens is 1. The van der Waals surface area contributed by atoms with Crippen LogP contribution in [-0.2, 0) is 14.8 Å². The van der Waals surface area contributed by atoms with E-state index in [1.165, 1.54) is 24.7 Å². The van der Waals surface area contributed by atoms with Crippen molar-refractivity contribution in [3.8, 4) is 0 Å². The number of hydrogen-bond donors (Lipinski definition) is 3. The van der Waals surface area contributed by atoms with E-state index in [1.807, 2.05) is 24.3 Å². The van der Waals surface area contributed by atoms with E-state index >= 15 is 0 Å². The molecule has 3 N–H and O–H groups in total. The molecule has 1 amide bonds. The second-order valence-electron chi connectivity index (χ2n) is 12.4. The zero-order chi connectivity index (χ0) is 29.4. The predicted molar refractivity (Wildman–Crippen MR) is 172 cm³/mol. The highest BCUT2D eigenvalue weighted by molar-refractivity contribution is 7.92. The van der Waals surface area contributed by atoms with Crippen molar-refractivity contribution in [3.63, 3.8) is 0 Å². The number of sulfonamides is 1. The van der Waals surface area contributed by atoms with E-state index in [9.17, 15) is 13.2 Å². The molecule has 1 aromatic heterocycles. The lowest BCUT2D eigenvalue weighted by atomic mass is 9.82. The van der Waals surface area contributed by atoms with Crippen LogP contribution < -0.4 is 10.0 Å². The molecule has 2 bridgehead atoms. The Morgan fingerprint density at radius 3 is 2.43 bits per heavy atom. The van der Waals surface area contributed by atoms with Gasteiger partial charge in [0, 0.05) is 53.5 Å². The summed E-state index contributed by atoms with van der Waals surface area (Å²) in [5.41, 5.74) is 3.82. The Bertz CT molecular complexity index is 1580. The second kappa shape index (κ2) is 12.2. The average molecular weight is 630 g/mol. The van der Waals surface area contributed by atoms with E-state index in [0.717, 1.165) is 61.5 Å². The van der Waals surface area contributed by atoms with Crippen molar-refractivity contribution in [1.29, 1.82) is 0 Å². The Morgan fingerprint density at radius 1 is 1.00 bits per heavy atom. The van der Waals surface area contributed by atoms with Crippen LogP contribution in [0.15, 0.2) is 48.7 Å². The summed E-state index contributed by atoms with van der Waals surface area (Å²) in [6.07, 6.45) is 15.8. The Kier molecular flexibility index (Phi) is 8.60. The maximum atomic E-state index is 12.5. The molecule has 10 heteroatoms. The first kappa shape index (κ1) is 29.5. The van der Waals surface area contributed by atoms with Gasteiger partial charge in [0.2, 0.25) is 15.9 Å². The molecule has 6 rings (SSSR count). The minimum absolute atomic E-state index is 0.0684. The van der Waals surface area contributed by atoms with E-state index in [4.69, 9.17) is 23.2 Å². The molecule has 2 aliphatic heterocycles. The molecule has 2 aromatic carbocycles. The van der Waals surface area contributed by atoms with Gasteiger partial charge in [0.25, 0.3) is 0 Å². The van der Waals surface area contributed by atoms with Gasteiger partial charge in [-0.05, 0) is 111 Å². The van der Waals surface area contributed by atoms with Crippen molar-refractivity contribution in [2.75, 3.05) is 17.5 Å². The van der Waals surface area contributed by atoms with Crippen molar-refractivity contribution < 1.29 is 13.2 Å². The van der Waals surface area contributed by atoms with E-state index in [0.29, 0.717) is 39.7 Å². The van der Waals surface area contributed by atoms with Gasteiger partial charge >= 0.3 is 0 Å². The van der Waals surface area contributed by atoms with Gasteiger partial charge in [0.1, 0.15) is 0 Å². The van der Waals surface area contributed by atoms with Crippen molar-refractivity contribution >= 4 is 61.8 Å². The highest BCUT2D eigenvalue weighted by Crippen LogP contribution is 2.45. The van der Waals surface area contributed by atoms with Crippen LogP contribution in [-0.4, -0.2) is 55.1 Å². The number of nitrogens with one attached hydrogen (secondary N) is 3. The third-order valence-corrected chi connectivity index (χ3v) is 10.7. The summed E-state index contributed by atoms with van der Waals surface area (Å²) in [4.78, 5) is 18.7. The van der Waals surface area contributed by atoms with Crippen LogP contribution in [0.3, 0.4) is 0 Å². The first-order valence-electron chi connectivity index (χ1n) is 14.9. The topological polar surface area (TPSA) is 94.3 Å². The third-order valence-electron chi connectivity index (χ3n) is 9.37. The van der Waals surface area contributed by atoms with Gasteiger partial charge in [-0.2, -0.15) is 0 Å². The van der Waals surface area contributed by atoms with E-state index in [2.05, 4.69) is 26.1 Å². The number of carbonyl (C=O) groups excluding carboxylic acids is 1. The number of hydrogen-bond acceptors (Lipinski definition) is 4. The van der Waals surface area contributed by atoms with Gasteiger partial charge in [-0.15, -0.1) is 0 Å². The van der Waals surface area contributed by atoms with E-state index < -0.39 is 10.0 Å². The van der Waals surface area contributed by atoms with Crippen LogP contribution in [0, 0.1) is 5.92 Å². The summed E-state index contributed by atoms with van der Waals surface area (Å²) >= 11 is 12.0. The highest BCUT2D eigenvalue weighted by atomic mass is 35.5. The maximum Gasteiger partial charge on any atom is 0.244 e. The van der Waals surface area contributed by atoms with Crippen molar-refractivity contribution in [2.45, 2.75) is 75.4 Å². The summed E-state index contributed by atoms with van der Waals surface area (Å²) in [6, 6.07) is 12.5. The molecule has 42 heavy (non-hydrogen) atoms. The standard InChI is InChI=1S/C32H38Cl2N4O3S/c1-42(40,41)37-24-8-12-31-27(17-24)28(18-35-31)22-15-25-9-10-26(16-22)38(25)19-21-2-6-23(7-3-21)36-32(39)13-5-20-4-11-29(33)30(34)14-20/h4-5,8,11-14,17-18,21-23,25-26,35,37H,2-3,6-7,9-10,15-16,19H2,1H3,(H,36,39)/b13-5+/t21?,22?,23?,25-,26+. The SMILES string of the molecule is CS(=O)(=O)Nc1ccc2[nH]cc(C3C[C@H]4CC[C@@H](C3)N4CC3CCC(NC(=O)/C=C/c4ccc(Cl)c(Cl)c4)CC3)c2c1. The van der Waals surface area contributed by atoms with Crippen LogP contribution in [0.2, 0.25) is 10.0 Å². The number of rotatable bonds is 8. The number of benzene rings is 2. The fourth-order valence-electron chi connectivity index (χ4n) is 7.41. The summed E-state index contributed by atoms with van der Waals surface area (Å²) in [5.74, 6) is 1.08. The van der Waals surface area contributed by atoms with Gasteiger partial charge in [-0.3, -0.25) is 14.4 Å². The largest absolute Gasteiger partial charge is 0.361 e. The van der Waals surface area contributed by atoms with Gasteiger partial charge in [-0.25, -0.2) is 8.42 Å². The fourth-order valence-corrected chi connectivity index (χ4v) is 8.27. The minimum atomic E-state index is -3.32. The van der Waals surface area contributed by atoms with Crippen LogP contribution in [0.4, 0.5) is 5.69 Å². The number of fused-ring (bicyclic) bond motifs is 3. The molecule has 2 saturated heterocycles. The molecule has 7 nitrogen and oxygen atoms in total. The normalized spacial score (nSPS) is 26.6. The Morgan fingerprint density at radius 2 is 1.74 bits per heavy atom. The molecule has 3 heterocycles. The quantitative estimate of drug-likeness (QED) is 0.235. The molecule has 0 radical (unpaired) electrons. The number of anilines is 1. The Balaban J connectivity index is 1.01. The number of carbonyl (C=O) groups is 1. The van der Waals surface area contributed by atoms with Gasteiger partial charge in [-0.1, -0.05) is 29.3 Å². The van der Waals surface area contributed by atoms with Crippen LogP contribution >= 0.6 is 23.2 Å². The summed E-state index contributed by atoms with van der Waals surface area (Å²) in [7, 11) is -3.32. The lowest BCUT2D eigenvalue weighted by Gasteiger charge is -2.42. The number of amides is 1. The van der Waals surface area contributed by atoms with Crippen molar-refractivity contribution in [2.24, 2.45) is 5.92 Å². The zero-order valence-corrected chi connectivity index (χ0v) is 26.1. The highest BCUT2D eigenvalue weighted by Gasteiger charge is 2.42. The predicted octanol–water partition coefficient (Wildman–Crippen LogP) is 6.95. The molecule has 1 unspecified atom stereocenters. The number of halogens is 2. The maximum absolute atomic E-state index is 12.5. The molecule has 3 aromatic rings. The third kappa shape index (κ3) is 6.83. The zero-order valence-electron chi connectivity index (χ0n) is 23.8. The van der Waals surface area contributed by atoms with E-state index in [1.54, 1.807) is 24.3 Å². The number of nitrogens with zero attached hydrogens (tertiary/aromatic N) is 1. The number of aromatic amines is 1. The molecule has 3 fully saturated rings. The molecular weight excluding hydrogens is 591 g/mol. The van der Waals surface area contributed by atoms with Crippen molar-refractivity contribution in [3.05, 3.63) is 69.8 Å². The monoisotopic (exact) mass is 628 g/mol. The summed E-state index contributed by atoms with van der Waals surface area (Å²) < 4.78 is 26.1. The van der Waals surface area contributed by atoms with Gasteiger partial charge in [0.05, 0.1) is 16.3 Å². The van der Waals surface area contributed by atoms with Crippen molar-refractivity contribution in [1.82, 2.24) is 15.2 Å². The minimum Gasteiger partial charge on any atom is -0.361 e. The van der Waals surface area contributed by atoms with Gasteiger partial charge < -0.3 is 10.3 Å². The molecule has 3 aliphatic rings. The fraction of sp³-hybridized carbons (Fsp3) is 0.469. The molecule has 0 spiro atoms. The van der Waals surface area contributed by atoms with Crippen LogP contribution in [0.1, 0.15) is 68.4 Å². The smallest absolute Gasteiger partial charge is 0.244 e. The summed E-state index contributed by atoms with van der Waals surface area (Å²) in [5, 5.41) is 5.28. The second-order valence-corrected chi connectivity index (χ2v) is 14.9. The molecular formula is C32H38Cl2N4O3S.